The van der Waals surface area contributed by atoms with Crippen LogP contribution in [-0.4, -0.2) is 40.0 Å². The van der Waals surface area contributed by atoms with Crippen molar-refractivity contribution in [1.29, 1.82) is 0 Å². The smallest absolute Gasteiger partial charge is 0.328 e. The SMILES string of the molecule is CC(=CC(=O)O)CN1C(=O)NC2(CCCCCCC2)C1=O. The fourth-order valence-corrected chi connectivity index (χ4v) is 3.17. The summed E-state index contributed by atoms with van der Waals surface area (Å²) >= 11 is 0. The Balaban J connectivity index is 2.13. The van der Waals surface area contributed by atoms with Gasteiger partial charge >= 0.3 is 12.0 Å². The molecule has 0 aromatic carbocycles. The van der Waals surface area contributed by atoms with Crippen LogP contribution < -0.4 is 5.32 Å². The molecule has 0 atom stereocenters. The fraction of sp³-hybridized carbons (Fsp3) is 0.667. The van der Waals surface area contributed by atoms with Gasteiger partial charge in [0.25, 0.3) is 5.91 Å². The molecule has 1 heterocycles. The summed E-state index contributed by atoms with van der Waals surface area (Å²) in [6.07, 6.45) is 7.61. The van der Waals surface area contributed by atoms with Gasteiger partial charge in [-0.1, -0.05) is 32.1 Å². The Kier molecular flexibility index (Phi) is 4.65. The van der Waals surface area contributed by atoms with Crippen LogP contribution in [0.2, 0.25) is 0 Å². The van der Waals surface area contributed by atoms with E-state index >= 15 is 0 Å². The van der Waals surface area contributed by atoms with Crippen molar-refractivity contribution in [3.63, 3.8) is 0 Å². The van der Waals surface area contributed by atoms with Crippen molar-refractivity contribution in [2.45, 2.75) is 57.4 Å². The molecule has 2 N–H and O–H groups in total. The molecule has 1 saturated carbocycles. The molecule has 1 spiro atoms. The topological polar surface area (TPSA) is 86.7 Å². The van der Waals surface area contributed by atoms with Gasteiger partial charge in [-0.25, -0.2) is 9.59 Å². The summed E-state index contributed by atoms with van der Waals surface area (Å²) in [5.74, 6) is -1.27. The third kappa shape index (κ3) is 3.43. The van der Waals surface area contributed by atoms with Crippen molar-refractivity contribution < 1.29 is 19.5 Å². The van der Waals surface area contributed by atoms with Crippen LogP contribution in [0, 0.1) is 0 Å². The van der Waals surface area contributed by atoms with E-state index in [0.717, 1.165) is 36.7 Å². The molecular formula is C15H22N2O4. The lowest BCUT2D eigenvalue weighted by atomic mass is 9.84. The second kappa shape index (κ2) is 6.28. The monoisotopic (exact) mass is 294 g/mol. The van der Waals surface area contributed by atoms with Crippen LogP contribution in [0.5, 0.6) is 0 Å². The Labute approximate surface area is 124 Å². The molecule has 1 aliphatic carbocycles. The number of carboxylic acids is 1. The first-order chi connectivity index (χ1) is 9.94. The van der Waals surface area contributed by atoms with Gasteiger partial charge in [-0.05, 0) is 25.3 Å². The number of urea groups is 1. The minimum absolute atomic E-state index is 0.0404. The molecule has 0 radical (unpaired) electrons. The zero-order chi connectivity index (χ0) is 15.5. The summed E-state index contributed by atoms with van der Waals surface area (Å²) in [6, 6.07) is -0.404. The van der Waals surface area contributed by atoms with Crippen LogP contribution in [-0.2, 0) is 9.59 Å². The second-order valence-corrected chi connectivity index (χ2v) is 6.00. The second-order valence-electron chi connectivity index (χ2n) is 6.00. The van der Waals surface area contributed by atoms with Crippen molar-refractivity contribution in [2.24, 2.45) is 0 Å². The van der Waals surface area contributed by atoms with Gasteiger partial charge in [0.15, 0.2) is 0 Å². The Morgan fingerprint density at radius 2 is 1.81 bits per heavy atom. The van der Waals surface area contributed by atoms with Crippen molar-refractivity contribution >= 4 is 17.9 Å². The number of carbonyl (C=O) groups is 3. The average molecular weight is 294 g/mol. The van der Waals surface area contributed by atoms with Crippen LogP contribution in [0.1, 0.15) is 51.9 Å². The number of rotatable bonds is 3. The largest absolute Gasteiger partial charge is 0.478 e. The third-order valence-electron chi connectivity index (χ3n) is 4.23. The summed E-state index contributed by atoms with van der Waals surface area (Å²) < 4.78 is 0. The van der Waals surface area contributed by atoms with Crippen molar-refractivity contribution in [3.05, 3.63) is 11.6 Å². The standard InChI is InChI=1S/C15H22N2O4/c1-11(9-12(18)19)10-17-13(20)15(16-14(17)21)7-5-3-2-4-6-8-15/h9H,2-8,10H2,1H3,(H,16,21)(H,18,19). The highest BCUT2D eigenvalue weighted by Crippen LogP contribution is 2.32. The normalized spacial score (nSPS) is 22.9. The van der Waals surface area contributed by atoms with E-state index in [4.69, 9.17) is 5.11 Å². The number of nitrogens with zero attached hydrogens (tertiary/aromatic N) is 1. The van der Waals surface area contributed by atoms with Crippen LogP contribution in [0.25, 0.3) is 0 Å². The summed E-state index contributed by atoms with van der Waals surface area (Å²) in [5.41, 5.74) is -0.282. The summed E-state index contributed by atoms with van der Waals surface area (Å²) in [6.45, 7) is 1.65. The Morgan fingerprint density at radius 3 is 2.38 bits per heavy atom. The Morgan fingerprint density at radius 1 is 1.24 bits per heavy atom. The lowest BCUT2D eigenvalue weighted by molar-refractivity contribution is -0.133. The lowest BCUT2D eigenvalue weighted by Crippen LogP contribution is -2.47. The van der Waals surface area contributed by atoms with E-state index in [1.165, 1.54) is 6.42 Å². The first-order valence-corrected chi connectivity index (χ1v) is 7.49. The molecule has 6 nitrogen and oxygen atoms in total. The first-order valence-electron chi connectivity index (χ1n) is 7.49. The van der Waals surface area contributed by atoms with Crippen LogP contribution in [0.15, 0.2) is 11.6 Å². The minimum Gasteiger partial charge on any atom is -0.478 e. The van der Waals surface area contributed by atoms with Crippen molar-refractivity contribution in [1.82, 2.24) is 10.2 Å². The predicted octanol–water partition coefficient (Wildman–Crippen LogP) is 2.05. The van der Waals surface area contributed by atoms with Gasteiger partial charge in [0, 0.05) is 6.08 Å². The molecule has 0 unspecified atom stereocenters. The third-order valence-corrected chi connectivity index (χ3v) is 4.23. The Hall–Kier alpha value is -1.85. The van der Waals surface area contributed by atoms with Crippen LogP contribution >= 0.6 is 0 Å². The maximum atomic E-state index is 12.6. The van der Waals surface area contributed by atoms with Gasteiger partial charge in [0.05, 0.1) is 6.54 Å². The van der Waals surface area contributed by atoms with Gasteiger partial charge in [-0.15, -0.1) is 0 Å². The van der Waals surface area contributed by atoms with Crippen LogP contribution in [0.4, 0.5) is 4.79 Å². The van der Waals surface area contributed by atoms with E-state index in [-0.39, 0.29) is 12.5 Å². The van der Waals surface area contributed by atoms with Crippen LogP contribution in [0.3, 0.4) is 0 Å². The van der Waals surface area contributed by atoms with E-state index in [0.29, 0.717) is 18.4 Å². The maximum absolute atomic E-state index is 12.6. The van der Waals surface area contributed by atoms with Gasteiger partial charge in [0.1, 0.15) is 5.54 Å². The summed E-state index contributed by atoms with van der Waals surface area (Å²) in [7, 11) is 0. The van der Waals surface area contributed by atoms with E-state index < -0.39 is 17.5 Å². The van der Waals surface area contributed by atoms with E-state index in [1.54, 1.807) is 6.92 Å². The van der Waals surface area contributed by atoms with Gasteiger partial charge in [0.2, 0.25) is 0 Å². The first kappa shape index (κ1) is 15.5. The number of hydrogen-bond acceptors (Lipinski definition) is 3. The molecule has 0 bridgehead atoms. The average Bonchev–Trinajstić information content (AvgIpc) is 2.58. The number of carbonyl (C=O) groups excluding carboxylic acids is 2. The maximum Gasteiger partial charge on any atom is 0.328 e. The summed E-state index contributed by atoms with van der Waals surface area (Å²) in [4.78, 5) is 36.5. The highest BCUT2D eigenvalue weighted by Gasteiger charge is 2.50. The molecule has 1 saturated heterocycles. The number of hydrogen-bond donors (Lipinski definition) is 2. The van der Waals surface area contributed by atoms with Crippen molar-refractivity contribution in [2.75, 3.05) is 6.54 Å². The molecule has 1 aliphatic heterocycles. The number of amides is 3. The molecule has 2 fully saturated rings. The summed E-state index contributed by atoms with van der Waals surface area (Å²) in [5, 5.41) is 11.6. The highest BCUT2D eigenvalue weighted by molar-refractivity contribution is 6.07. The zero-order valence-electron chi connectivity index (χ0n) is 12.4. The quantitative estimate of drug-likeness (QED) is 0.616. The van der Waals surface area contributed by atoms with E-state index in [1.807, 2.05) is 0 Å². The molecule has 116 valence electrons. The predicted molar refractivity (Wildman–Crippen MR) is 76.7 cm³/mol. The Bertz CT molecular complexity index is 476. The number of aliphatic carboxylic acids is 1. The molecule has 21 heavy (non-hydrogen) atoms. The van der Waals surface area contributed by atoms with Gasteiger partial charge < -0.3 is 10.4 Å². The fourth-order valence-electron chi connectivity index (χ4n) is 3.17. The van der Waals surface area contributed by atoms with E-state index in [9.17, 15) is 14.4 Å². The van der Waals surface area contributed by atoms with Crippen molar-refractivity contribution in [3.8, 4) is 0 Å². The minimum atomic E-state index is -1.07. The number of carboxylic acid groups (broad SMARTS) is 1. The molecule has 6 heteroatoms. The molecule has 3 amide bonds. The molecule has 2 rings (SSSR count). The molecular weight excluding hydrogens is 272 g/mol. The molecule has 0 aromatic rings. The zero-order valence-corrected chi connectivity index (χ0v) is 12.4. The van der Waals surface area contributed by atoms with E-state index in [2.05, 4.69) is 5.32 Å². The number of imide groups is 1. The van der Waals surface area contributed by atoms with Gasteiger partial charge in [-0.3, -0.25) is 9.69 Å². The lowest BCUT2D eigenvalue weighted by Gasteiger charge is -2.28. The molecule has 2 aliphatic rings. The number of nitrogens with one attached hydrogen (secondary N) is 1. The molecule has 0 aromatic heterocycles. The highest BCUT2D eigenvalue weighted by atomic mass is 16.4. The van der Waals surface area contributed by atoms with Gasteiger partial charge in [-0.2, -0.15) is 0 Å².